The minimum atomic E-state index is -3.27. The van der Waals surface area contributed by atoms with Crippen LogP contribution in [0, 0.1) is 6.92 Å². The lowest BCUT2D eigenvalue weighted by atomic mass is 9.88. The number of rotatable bonds is 6. The van der Waals surface area contributed by atoms with E-state index in [1.165, 1.54) is 4.31 Å². The molecular formula is C25H26N2O3S. The number of benzene rings is 3. The van der Waals surface area contributed by atoms with E-state index in [1.54, 1.807) is 12.1 Å². The number of nitrogens with zero attached hydrogens (tertiary/aromatic N) is 1. The van der Waals surface area contributed by atoms with Crippen molar-refractivity contribution in [3.8, 4) is 0 Å². The quantitative estimate of drug-likeness (QED) is 0.612. The van der Waals surface area contributed by atoms with Crippen LogP contribution in [0.1, 0.15) is 35.4 Å². The Hall–Kier alpha value is -3.12. The van der Waals surface area contributed by atoms with Gasteiger partial charge in [0.25, 0.3) is 0 Å². The van der Waals surface area contributed by atoms with E-state index in [9.17, 15) is 13.2 Å². The van der Waals surface area contributed by atoms with Gasteiger partial charge >= 0.3 is 0 Å². The van der Waals surface area contributed by atoms with Crippen LogP contribution >= 0.6 is 0 Å². The van der Waals surface area contributed by atoms with Crippen LogP contribution in [0.2, 0.25) is 0 Å². The summed E-state index contributed by atoms with van der Waals surface area (Å²) < 4.78 is 26.0. The maximum atomic E-state index is 13.0. The molecule has 0 spiro atoms. The zero-order chi connectivity index (χ0) is 21.8. The van der Waals surface area contributed by atoms with Gasteiger partial charge in [-0.05, 0) is 42.2 Å². The summed E-state index contributed by atoms with van der Waals surface area (Å²) in [5, 5.41) is 3.01. The predicted octanol–water partition coefficient (Wildman–Crippen LogP) is 4.70. The molecule has 1 N–H and O–H groups in total. The Labute approximate surface area is 183 Å². The Morgan fingerprint density at radius 2 is 1.58 bits per heavy atom. The first-order chi connectivity index (χ1) is 14.9. The van der Waals surface area contributed by atoms with Gasteiger partial charge in [0.1, 0.15) is 0 Å². The van der Waals surface area contributed by atoms with Gasteiger partial charge in [0.2, 0.25) is 15.9 Å². The van der Waals surface area contributed by atoms with E-state index in [2.05, 4.69) is 5.32 Å². The number of hydrogen-bond acceptors (Lipinski definition) is 3. The Kier molecular flexibility index (Phi) is 6.09. The van der Waals surface area contributed by atoms with Gasteiger partial charge in [0, 0.05) is 24.6 Å². The lowest BCUT2D eigenvalue weighted by Gasteiger charge is -2.20. The van der Waals surface area contributed by atoms with E-state index in [1.807, 2.05) is 73.7 Å². The lowest BCUT2D eigenvalue weighted by molar-refractivity contribution is -0.116. The molecule has 0 aliphatic carbocycles. The third-order valence-electron chi connectivity index (χ3n) is 5.68. The molecule has 0 bridgehead atoms. The summed E-state index contributed by atoms with van der Waals surface area (Å²) in [5.74, 6) is -0.00892. The fraction of sp³-hybridized carbons (Fsp3) is 0.240. The van der Waals surface area contributed by atoms with Gasteiger partial charge in [-0.25, -0.2) is 8.42 Å². The van der Waals surface area contributed by atoms with E-state index in [4.69, 9.17) is 0 Å². The first-order valence-corrected chi connectivity index (χ1v) is 12.1. The zero-order valence-electron chi connectivity index (χ0n) is 17.5. The first kappa shape index (κ1) is 21.1. The molecule has 3 aromatic rings. The Balaban J connectivity index is 1.56. The average molecular weight is 435 g/mol. The standard InChI is InChI=1S/C25H26N2O3S/c1-19-13-14-22(27-15-8-16-31(27,29)30)17-24(19)26-25(28)18-23(20-9-4-2-5-10-20)21-11-6-3-7-12-21/h2-7,9-14,17,23H,8,15-16,18H2,1H3,(H,26,28). The zero-order valence-corrected chi connectivity index (χ0v) is 18.3. The molecule has 5 nitrogen and oxygen atoms in total. The lowest BCUT2D eigenvalue weighted by Crippen LogP contribution is -2.25. The molecular weight excluding hydrogens is 408 g/mol. The molecule has 1 heterocycles. The van der Waals surface area contributed by atoms with Gasteiger partial charge in [-0.15, -0.1) is 0 Å². The maximum absolute atomic E-state index is 13.0. The smallest absolute Gasteiger partial charge is 0.235 e. The maximum Gasteiger partial charge on any atom is 0.235 e. The van der Waals surface area contributed by atoms with Crippen LogP contribution in [0.25, 0.3) is 0 Å². The van der Waals surface area contributed by atoms with Gasteiger partial charge < -0.3 is 5.32 Å². The molecule has 1 fully saturated rings. The van der Waals surface area contributed by atoms with Gasteiger partial charge in [-0.1, -0.05) is 66.7 Å². The molecule has 0 atom stereocenters. The highest BCUT2D eigenvalue weighted by Crippen LogP contribution is 2.31. The predicted molar refractivity (Wildman–Crippen MR) is 125 cm³/mol. The molecule has 6 heteroatoms. The summed E-state index contributed by atoms with van der Waals surface area (Å²) in [6.45, 7) is 2.38. The van der Waals surface area contributed by atoms with Crippen LogP contribution in [0.4, 0.5) is 11.4 Å². The molecule has 160 valence electrons. The summed E-state index contributed by atoms with van der Waals surface area (Å²) in [5.41, 5.74) is 4.30. The number of carbonyl (C=O) groups excluding carboxylic acids is 1. The molecule has 1 amide bonds. The minimum absolute atomic E-state index is 0.0650. The highest BCUT2D eigenvalue weighted by Gasteiger charge is 2.29. The van der Waals surface area contributed by atoms with Crippen LogP contribution in [0.15, 0.2) is 78.9 Å². The fourth-order valence-electron chi connectivity index (χ4n) is 4.01. The summed E-state index contributed by atoms with van der Waals surface area (Å²) in [7, 11) is -3.27. The second-order valence-electron chi connectivity index (χ2n) is 7.87. The fourth-order valence-corrected chi connectivity index (χ4v) is 5.57. The number of anilines is 2. The number of aryl methyl sites for hydroxylation is 1. The van der Waals surface area contributed by atoms with Crippen molar-refractivity contribution < 1.29 is 13.2 Å². The highest BCUT2D eigenvalue weighted by atomic mass is 32.2. The number of carbonyl (C=O) groups is 1. The minimum Gasteiger partial charge on any atom is -0.326 e. The highest BCUT2D eigenvalue weighted by molar-refractivity contribution is 7.93. The van der Waals surface area contributed by atoms with Crippen molar-refractivity contribution >= 4 is 27.3 Å². The van der Waals surface area contributed by atoms with Crippen molar-refractivity contribution in [3.63, 3.8) is 0 Å². The first-order valence-electron chi connectivity index (χ1n) is 10.4. The third kappa shape index (κ3) is 4.80. The topological polar surface area (TPSA) is 66.5 Å². The van der Waals surface area contributed by atoms with Gasteiger partial charge in [-0.3, -0.25) is 9.10 Å². The van der Waals surface area contributed by atoms with Crippen LogP contribution < -0.4 is 9.62 Å². The number of amides is 1. The molecule has 1 aliphatic rings. The average Bonchev–Trinajstić information content (AvgIpc) is 3.14. The van der Waals surface area contributed by atoms with Gasteiger partial charge in [-0.2, -0.15) is 0 Å². The van der Waals surface area contributed by atoms with Crippen molar-refractivity contribution in [2.75, 3.05) is 21.9 Å². The van der Waals surface area contributed by atoms with Crippen molar-refractivity contribution in [3.05, 3.63) is 95.6 Å². The molecule has 0 radical (unpaired) electrons. The SMILES string of the molecule is Cc1ccc(N2CCCS2(=O)=O)cc1NC(=O)CC(c1ccccc1)c1ccccc1. The molecule has 1 saturated heterocycles. The molecule has 0 aromatic heterocycles. The third-order valence-corrected chi connectivity index (χ3v) is 7.55. The van der Waals surface area contributed by atoms with Crippen LogP contribution in [0.5, 0.6) is 0 Å². The van der Waals surface area contributed by atoms with E-state index < -0.39 is 10.0 Å². The van der Waals surface area contributed by atoms with Crippen molar-refractivity contribution in [1.29, 1.82) is 0 Å². The van der Waals surface area contributed by atoms with Crippen molar-refractivity contribution in [1.82, 2.24) is 0 Å². The molecule has 0 saturated carbocycles. The second-order valence-corrected chi connectivity index (χ2v) is 9.88. The van der Waals surface area contributed by atoms with E-state index in [0.717, 1.165) is 16.7 Å². The Morgan fingerprint density at radius 3 is 2.13 bits per heavy atom. The van der Waals surface area contributed by atoms with E-state index in [0.29, 0.717) is 30.8 Å². The van der Waals surface area contributed by atoms with Gasteiger partial charge in [0.15, 0.2) is 0 Å². The van der Waals surface area contributed by atoms with Crippen LogP contribution in [0.3, 0.4) is 0 Å². The van der Waals surface area contributed by atoms with Crippen LogP contribution in [-0.2, 0) is 14.8 Å². The Bertz CT molecular complexity index is 1120. The second kappa shape index (κ2) is 8.94. The molecule has 3 aromatic carbocycles. The van der Waals surface area contributed by atoms with Crippen molar-refractivity contribution in [2.24, 2.45) is 0 Å². The summed E-state index contributed by atoms with van der Waals surface area (Å²) in [6, 6.07) is 25.4. The normalized spacial score (nSPS) is 15.2. The number of hydrogen-bond donors (Lipinski definition) is 1. The van der Waals surface area contributed by atoms with E-state index >= 15 is 0 Å². The monoisotopic (exact) mass is 434 g/mol. The molecule has 4 rings (SSSR count). The largest absolute Gasteiger partial charge is 0.326 e. The summed E-state index contributed by atoms with van der Waals surface area (Å²) in [6.07, 6.45) is 0.910. The Morgan fingerprint density at radius 1 is 0.968 bits per heavy atom. The van der Waals surface area contributed by atoms with Crippen molar-refractivity contribution in [2.45, 2.75) is 25.7 Å². The van der Waals surface area contributed by atoms with Crippen LogP contribution in [-0.4, -0.2) is 26.6 Å². The van der Waals surface area contributed by atoms with Gasteiger partial charge in [0.05, 0.1) is 11.4 Å². The molecule has 0 unspecified atom stereocenters. The summed E-state index contributed by atoms with van der Waals surface area (Å²) >= 11 is 0. The van der Waals surface area contributed by atoms with E-state index in [-0.39, 0.29) is 17.6 Å². The number of sulfonamides is 1. The number of nitrogens with one attached hydrogen (secondary N) is 1. The summed E-state index contributed by atoms with van der Waals surface area (Å²) in [4.78, 5) is 13.0. The molecule has 1 aliphatic heterocycles. The molecule has 31 heavy (non-hydrogen) atoms.